The predicted molar refractivity (Wildman–Crippen MR) is 80.8 cm³/mol. The van der Waals surface area contributed by atoms with Crippen LogP contribution in [0.2, 0.25) is 0 Å². The van der Waals surface area contributed by atoms with Crippen molar-refractivity contribution in [3.63, 3.8) is 0 Å². The summed E-state index contributed by atoms with van der Waals surface area (Å²) < 4.78 is 11.2. The number of ether oxygens (including phenoxy) is 2. The van der Waals surface area contributed by atoms with Crippen LogP contribution in [0.4, 0.5) is 0 Å². The monoisotopic (exact) mass is 290 g/mol. The van der Waals surface area contributed by atoms with Crippen LogP contribution < -0.4 is 9.47 Å². The summed E-state index contributed by atoms with van der Waals surface area (Å²) in [6.45, 7) is 1.24. The van der Waals surface area contributed by atoms with E-state index in [0.29, 0.717) is 13.2 Å². The molecule has 0 aliphatic carbocycles. The highest BCUT2D eigenvalue weighted by Crippen LogP contribution is 2.34. The number of rotatable bonds is 2. The van der Waals surface area contributed by atoms with E-state index in [1.165, 1.54) is 24.3 Å². The van der Waals surface area contributed by atoms with Crippen LogP contribution in [0, 0.1) is 5.92 Å². The number of hydrogen-bond donors (Lipinski definition) is 1. The quantitative estimate of drug-likeness (QED) is 0.923. The van der Waals surface area contributed by atoms with Crippen molar-refractivity contribution < 1.29 is 9.47 Å². The Morgan fingerprint density at radius 1 is 1.15 bits per heavy atom. The lowest BCUT2D eigenvalue weighted by atomic mass is 9.99. The Bertz CT molecular complexity index is 577. The summed E-state index contributed by atoms with van der Waals surface area (Å²) >= 11 is 2.07. The highest BCUT2D eigenvalue weighted by Gasteiger charge is 2.18. The summed E-state index contributed by atoms with van der Waals surface area (Å²) in [5.41, 5.74) is 2.03. The van der Waals surface area contributed by atoms with Crippen molar-refractivity contribution in [2.24, 2.45) is 5.92 Å². The van der Waals surface area contributed by atoms with Gasteiger partial charge in [-0.05, 0) is 30.3 Å². The lowest BCUT2D eigenvalue weighted by Crippen LogP contribution is -2.15. The third-order valence-electron chi connectivity index (χ3n) is 4.02. The average molecular weight is 290 g/mol. The summed E-state index contributed by atoms with van der Waals surface area (Å²) in [6, 6.07) is 4.00. The standard InChI is InChI=1S/C15H18N2O2S/c1-5-20-6-2-10(1)7-15-16-11-8-13-14(9-12(11)17-15)19-4-3-18-13/h8-10H,1-7H2,(H,16,17). The van der Waals surface area contributed by atoms with Crippen LogP contribution in [-0.2, 0) is 6.42 Å². The molecule has 3 heterocycles. The number of H-pyrrole nitrogens is 1. The van der Waals surface area contributed by atoms with E-state index in [0.717, 1.165) is 40.7 Å². The molecule has 1 saturated heterocycles. The lowest BCUT2D eigenvalue weighted by Gasteiger charge is -2.19. The molecule has 0 radical (unpaired) electrons. The predicted octanol–water partition coefficient (Wildman–Crippen LogP) is 3.02. The van der Waals surface area contributed by atoms with Gasteiger partial charge in [0.25, 0.3) is 0 Å². The molecule has 1 N–H and O–H groups in total. The maximum absolute atomic E-state index is 5.62. The zero-order valence-electron chi connectivity index (χ0n) is 11.4. The van der Waals surface area contributed by atoms with E-state index in [1.54, 1.807) is 0 Å². The first-order valence-electron chi connectivity index (χ1n) is 7.24. The van der Waals surface area contributed by atoms with E-state index in [-0.39, 0.29) is 0 Å². The number of thioether (sulfide) groups is 1. The van der Waals surface area contributed by atoms with E-state index in [2.05, 4.69) is 16.7 Å². The second kappa shape index (κ2) is 5.20. The Hall–Kier alpha value is -1.36. The lowest BCUT2D eigenvalue weighted by molar-refractivity contribution is 0.172. The molecule has 0 atom stereocenters. The molecule has 106 valence electrons. The first-order valence-corrected chi connectivity index (χ1v) is 8.40. The Balaban J connectivity index is 1.61. The van der Waals surface area contributed by atoms with E-state index in [9.17, 15) is 0 Å². The van der Waals surface area contributed by atoms with Gasteiger partial charge < -0.3 is 14.5 Å². The number of imidazole rings is 1. The number of aromatic nitrogens is 2. The van der Waals surface area contributed by atoms with Crippen LogP contribution in [0.3, 0.4) is 0 Å². The number of nitrogens with one attached hydrogen (secondary N) is 1. The Morgan fingerprint density at radius 2 is 1.90 bits per heavy atom. The van der Waals surface area contributed by atoms with Gasteiger partial charge in [0.05, 0.1) is 11.0 Å². The van der Waals surface area contributed by atoms with Crippen molar-refractivity contribution in [1.82, 2.24) is 9.97 Å². The van der Waals surface area contributed by atoms with E-state index in [1.807, 2.05) is 12.1 Å². The normalized spacial score (nSPS) is 19.4. The van der Waals surface area contributed by atoms with Gasteiger partial charge in [-0.15, -0.1) is 0 Å². The third-order valence-corrected chi connectivity index (χ3v) is 5.07. The van der Waals surface area contributed by atoms with E-state index < -0.39 is 0 Å². The van der Waals surface area contributed by atoms with Crippen molar-refractivity contribution in [3.05, 3.63) is 18.0 Å². The molecule has 1 aromatic carbocycles. The van der Waals surface area contributed by atoms with E-state index in [4.69, 9.17) is 14.5 Å². The van der Waals surface area contributed by atoms with Gasteiger partial charge in [0, 0.05) is 18.6 Å². The average Bonchev–Trinajstić information content (AvgIpc) is 2.86. The molecule has 4 rings (SSSR count). The Kier molecular flexibility index (Phi) is 3.22. The van der Waals surface area contributed by atoms with Gasteiger partial charge in [0.2, 0.25) is 0 Å². The van der Waals surface area contributed by atoms with Gasteiger partial charge >= 0.3 is 0 Å². The van der Waals surface area contributed by atoms with Gasteiger partial charge in [-0.1, -0.05) is 0 Å². The SMILES string of the molecule is c1c2c(cc3[nH]c(CC4CCSCC4)nc13)OCCO2. The summed E-state index contributed by atoms with van der Waals surface area (Å²) in [4.78, 5) is 8.16. The highest BCUT2D eigenvalue weighted by atomic mass is 32.2. The van der Waals surface area contributed by atoms with Crippen molar-refractivity contribution >= 4 is 22.8 Å². The Morgan fingerprint density at radius 3 is 2.70 bits per heavy atom. The number of aromatic amines is 1. The number of hydrogen-bond acceptors (Lipinski definition) is 4. The molecule has 0 saturated carbocycles. The molecule has 0 bridgehead atoms. The number of fused-ring (bicyclic) bond motifs is 2. The van der Waals surface area contributed by atoms with Crippen LogP contribution in [0.1, 0.15) is 18.7 Å². The highest BCUT2D eigenvalue weighted by molar-refractivity contribution is 7.99. The molecule has 2 aliphatic rings. The minimum Gasteiger partial charge on any atom is -0.486 e. The van der Waals surface area contributed by atoms with E-state index >= 15 is 0 Å². The second-order valence-electron chi connectivity index (χ2n) is 5.46. The fraction of sp³-hybridized carbons (Fsp3) is 0.533. The summed E-state index contributed by atoms with van der Waals surface area (Å²) in [6.07, 6.45) is 3.68. The molecule has 2 aliphatic heterocycles. The topological polar surface area (TPSA) is 47.1 Å². The summed E-state index contributed by atoms with van der Waals surface area (Å²) in [5, 5.41) is 0. The van der Waals surface area contributed by atoms with Gasteiger partial charge in [-0.2, -0.15) is 11.8 Å². The van der Waals surface area contributed by atoms with Crippen LogP contribution in [-0.4, -0.2) is 34.7 Å². The van der Waals surface area contributed by atoms with Crippen LogP contribution in [0.5, 0.6) is 11.5 Å². The minimum atomic E-state index is 0.621. The zero-order chi connectivity index (χ0) is 13.4. The van der Waals surface area contributed by atoms with Crippen molar-refractivity contribution in [2.45, 2.75) is 19.3 Å². The molecule has 1 fully saturated rings. The molecule has 0 unspecified atom stereocenters. The summed E-state index contributed by atoms with van der Waals surface area (Å²) in [5.74, 6) is 6.10. The molecule has 1 aromatic heterocycles. The van der Waals surface area contributed by atoms with Gasteiger partial charge in [-0.25, -0.2) is 4.98 Å². The molecule has 0 spiro atoms. The number of benzene rings is 1. The van der Waals surface area contributed by atoms with Gasteiger partial charge in [0.15, 0.2) is 11.5 Å². The Labute approximate surface area is 122 Å². The maximum atomic E-state index is 5.62. The number of nitrogens with zero attached hydrogens (tertiary/aromatic N) is 1. The van der Waals surface area contributed by atoms with Gasteiger partial charge in [0.1, 0.15) is 19.0 Å². The molecule has 2 aromatic rings. The largest absolute Gasteiger partial charge is 0.486 e. The molecule has 4 nitrogen and oxygen atoms in total. The first-order chi connectivity index (χ1) is 9.88. The molecule has 0 amide bonds. The molecular formula is C15H18N2O2S. The first kappa shape index (κ1) is 12.4. The third kappa shape index (κ3) is 2.35. The molecule has 5 heteroatoms. The fourth-order valence-electron chi connectivity index (χ4n) is 2.92. The van der Waals surface area contributed by atoms with Gasteiger partial charge in [-0.3, -0.25) is 0 Å². The van der Waals surface area contributed by atoms with Crippen molar-refractivity contribution in [1.29, 1.82) is 0 Å². The van der Waals surface area contributed by atoms with Crippen molar-refractivity contribution in [2.75, 3.05) is 24.7 Å². The van der Waals surface area contributed by atoms with Crippen molar-refractivity contribution in [3.8, 4) is 11.5 Å². The maximum Gasteiger partial charge on any atom is 0.163 e. The molecular weight excluding hydrogens is 272 g/mol. The van der Waals surface area contributed by atoms with Crippen LogP contribution in [0.15, 0.2) is 12.1 Å². The molecule has 20 heavy (non-hydrogen) atoms. The second-order valence-corrected chi connectivity index (χ2v) is 6.68. The smallest absolute Gasteiger partial charge is 0.163 e. The minimum absolute atomic E-state index is 0.621. The fourth-order valence-corrected chi connectivity index (χ4v) is 4.12. The van der Waals surface area contributed by atoms with Crippen LogP contribution >= 0.6 is 11.8 Å². The summed E-state index contributed by atoms with van der Waals surface area (Å²) in [7, 11) is 0. The zero-order valence-corrected chi connectivity index (χ0v) is 12.2. The van der Waals surface area contributed by atoms with Crippen LogP contribution in [0.25, 0.3) is 11.0 Å².